The third kappa shape index (κ3) is 4.63. The Balaban J connectivity index is 2.14. The van der Waals surface area contributed by atoms with Gasteiger partial charge in [-0.2, -0.15) is 11.8 Å². The molecular weight excluding hydrogens is 232 g/mol. The van der Waals surface area contributed by atoms with E-state index in [9.17, 15) is 4.79 Å². The van der Waals surface area contributed by atoms with Gasteiger partial charge in [0.25, 0.3) is 0 Å². The summed E-state index contributed by atoms with van der Waals surface area (Å²) in [4.78, 5) is 15.8. The van der Waals surface area contributed by atoms with Crippen LogP contribution >= 0.6 is 23.1 Å². The Morgan fingerprint density at radius 3 is 3.07 bits per heavy atom. The fourth-order valence-corrected chi connectivity index (χ4v) is 2.90. The smallest absolute Gasteiger partial charge is 0.320 e. The van der Waals surface area contributed by atoms with Crippen LogP contribution in [0.15, 0.2) is 6.20 Å². The number of rotatable bonds is 6. The molecule has 84 valence electrons. The molecule has 0 bridgehead atoms. The molecule has 0 aliphatic carbocycles. The van der Waals surface area contributed by atoms with Gasteiger partial charge in [-0.05, 0) is 19.1 Å². The minimum Gasteiger partial charge on any atom is -0.480 e. The minimum absolute atomic E-state index is 0.512. The number of thiazole rings is 1. The highest BCUT2D eigenvalue weighted by atomic mass is 32.2. The largest absolute Gasteiger partial charge is 0.480 e. The quantitative estimate of drug-likeness (QED) is 0.744. The summed E-state index contributed by atoms with van der Waals surface area (Å²) in [6.07, 6.45) is 2.38. The fraction of sp³-hybridized carbons (Fsp3) is 0.556. The summed E-state index contributed by atoms with van der Waals surface area (Å²) in [5.74, 6) is 0.728. The highest BCUT2D eigenvalue weighted by Crippen LogP contribution is 2.19. The van der Waals surface area contributed by atoms with Crippen molar-refractivity contribution in [2.75, 3.05) is 5.75 Å². The number of hydrogen-bond donors (Lipinski definition) is 2. The number of nitrogens with zero attached hydrogens (tertiary/aromatic N) is 1. The molecule has 0 aliphatic rings. The van der Waals surface area contributed by atoms with Gasteiger partial charge in [0.1, 0.15) is 6.04 Å². The Morgan fingerprint density at radius 1 is 1.80 bits per heavy atom. The van der Waals surface area contributed by atoms with Crippen LogP contribution in [0.1, 0.15) is 16.3 Å². The summed E-state index contributed by atoms with van der Waals surface area (Å²) < 4.78 is 0. The summed E-state index contributed by atoms with van der Waals surface area (Å²) in [6, 6.07) is -0.735. The van der Waals surface area contributed by atoms with E-state index in [0.717, 1.165) is 16.5 Å². The Kier molecular flexibility index (Phi) is 5.07. The summed E-state index contributed by atoms with van der Waals surface area (Å²) in [7, 11) is 0. The van der Waals surface area contributed by atoms with Gasteiger partial charge in [-0.1, -0.05) is 0 Å². The Morgan fingerprint density at radius 2 is 2.53 bits per heavy atom. The van der Waals surface area contributed by atoms with Crippen LogP contribution in [0.25, 0.3) is 0 Å². The van der Waals surface area contributed by atoms with Crippen LogP contribution in [0.2, 0.25) is 0 Å². The van der Waals surface area contributed by atoms with Crippen molar-refractivity contribution >= 4 is 29.1 Å². The van der Waals surface area contributed by atoms with Crippen molar-refractivity contribution in [1.82, 2.24) is 4.98 Å². The van der Waals surface area contributed by atoms with Gasteiger partial charge in [0.2, 0.25) is 0 Å². The van der Waals surface area contributed by atoms with E-state index in [0.29, 0.717) is 6.42 Å². The lowest BCUT2D eigenvalue weighted by Crippen LogP contribution is -2.30. The van der Waals surface area contributed by atoms with E-state index >= 15 is 0 Å². The molecule has 0 fully saturated rings. The SMILES string of the molecule is Cc1ncc(CSCCC(N)C(=O)O)s1. The predicted octanol–water partition coefficient (Wildman–Crippen LogP) is 1.49. The van der Waals surface area contributed by atoms with E-state index < -0.39 is 12.0 Å². The Bertz CT molecular complexity index is 328. The zero-order chi connectivity index (χ0) is 11.3. The standard InChI is InChI=1S/C9H14N2O2S2/c1-6-11-4-7(15-6)5-14-3-2-8(10)9(12)13/h4,8H,2-3,5,10H2,1H3,(H,12,13). The fourth-order valence-electron chi connectivity index (χ4n) is 0.979. The van der Waals surface area contributed by atoms with Gasteiger partial charge in [0.05, 0.1) is 5.01 Å². The molecule has 1 rings (SSSR count). The number of hydrogen-bond acceptors (Lipinski definition) is 5. The topological polar surface area (TPSA) is 76.2 Å². The van der Waals surface area contributed by atoms with Crippen LogP contribution in [0, 0.1) is 6.92 Å². The Hall–Kier alpha value is -0.590. The maximum absolute atomic E-state index is 10.4. The molecule has 6 heteroatoms. The zero-order valence-electron chi connectivity index (χ0n) is 8.47. The molecule has 1 aromatic heterocycles. The highest BCUT2D eigenvalue weighted by molar-refractivity contribution is 7.98. The molecule has 0 saturated carbocycles. The molecule has 1 unspecified atom stereocenters. The molecule has 15 heavy (non-hydrogen) atoms. The van der Waals surface area contributed by atoms with Crippen molar-refractivity contribution in [2.45, 2.75) is 25.1 Å². The van der Waals surface area contributed by atoms with E-state index in [4.69, 9.17) is 10.8 Å². The maximum Gasteiger partial charge on any atom is 0.320 e. The molecule has 0 saturated heterocycles. The van der Waals surface area contributed by atoms with Crippen molar-refractivity contribution in [1.29, 1.82) is 0 Å². The molecular formula is C9H14N2O2S2. The summed E-state index contributed by atoms with van der Waals surface area (Å²) >= 11 is 3.37. The average molecular weight is 246 g/mol. The first-order valence-electron chi connectivity index (χ1n) is 4.57. The number of carboxylic acids is 1. The van der Waals surface area contributed by atoms with Crippen LogP contribution in [0.5, 0.6) is 0 Å². The van der Waals surface area contributed by atoms with E-state index in [1.807, 2.05) is 13.1 Å². The predicted molar refractivity (Wildman–Crippen MR) is 63.2 cm³/mol. The average Bonchev–Trinajstić information content (AvgIpc) is 2.58. The Labute approximate surface area is 96.9 Å². The molecule has 0 aromatic carbocycles. The number of aliphatic carboxylic acids is 1. The zero-order valence-corrected chi connectivity index (χ0v) is 10.1. The van der Waals surface area contributed by atoms with Crippen LogP contribution in [0.4, 0.5) is 0 Å². The first kappa shape index (κ1) is 12.5. The lowest BCUT2D eigenvalue weighted by Gasteiger charge is -2.04. The maximum atomic E-state index is 10.4. The number of nitrogens with two attached hydrogens (primary N) is 1. The van der Waals surface area contributed by atoms with Crippen LogP contribution in [-0.4, -0.2) is 27.9 Å². The normalized spacial score (nSPS) is 12.7. The van der Waals surface area contributed by atoms with Crippen molar-refractivity contribution in [3.63, 3.8) is 0 Å². The molecule has 1 heterocycles. The minimum atomic E-state index is -0.927. The van der Waals surface area contributed by atoms with Crippen molar-refractivity contribution < 1.29 is 9.90 Å². The highest BCUT2D eigenvalue weighted by Gasteiger charge is 2.10. The number of thioether (sulfide) groups is 1. The number of carbonyl (C=O) groups is 1. The second kappa shape index (κ2) is 6.09. The van der Waals surface area contributed by atoms with Gasteiger partial charge in [0, 0.05) is 16.8 Å². The number of carboxylic acid groups (broad SMARTS) is 1. The molecule has 0 aliphatic heterocycles. The van der Waals surface area contributed by atoms with Crippen molar-refractivity contribution in [3.8, 4) is 0 Å². The molecule has 0 spiro atoms. The number of aryl methyl sites for hydroxylation is 1. The summed E-state index contributed by atoms with van der Waals surface area (Å²) in [5.41, 5.74) is 5.38. The first-order valence-corrected chi connectivity index (χ1v) is 6.54. The molecule has 4 nitrogen and oxygen atoms in total. The van der Waals surface area contributed by atoms with Gasteiger partial charge >= 0.3 is 5.97 Å². The lowest BCUT2D eigenvalue weighted by molar-refractivity contribution is -0.138. The molecule has 1 atom stereocenters. The summed E-state index contributed by atoms with van der Waals surface area (Å²) in [5, 5.41) is 9.62. The van der Waals surface area contributed by atoms with Crippen LogP contribution in [-0.2, 0) is 10.5 Å². The van der Waals surface area contributed by atoms with Crippen molar-refractivity contribution in [2.24, 2.45) is 5.73 Å². The van der Waals surface area contributed by atoms with E-state index in [1.165, 1.54) is 4.88 Å². The lowest BCUT2D eigenvalue weighted by atomic mass is 10.2. The summed E-state index contributed by atoms with van der Waals surface area (Å²) in [6.45, 7) is 1.97. The second-order valence-corrected chi connectivity index (χ2v) is 5.56. The van der Waals surface area contributed by atoms with Crippen molar-refractivity contribution in [3.05, 3.63) is 16.1 Å². The van der Waals surface area contributed by atoms with E-state index in [-0.39, 0.29) is 0 Å². The van der Waals surface area contributed by atoms with Crippen LogP contribution < -0.4 is 5.73 Å². The molecule has 1 aromatic rings. The monoisotopic (exact) mass is 246 g/mol. The molecule has 3 N–H and O–H groups in total. The third-order valence-corrected chi connectivity index (χ3v) is 3.94. The van der Waals surface area contributed by atoms with E-state index in [1.54, 1.807) is 23.1 Å². The first-order chi connectivity index (χ1) is 7.09. The van der Waals surface area contributed by atoms with Gasteiger partial charge in [0.15, 0.2) is 0 Å². The molecule has 0 radical (unpaired) electrons. The van der Waals surface area contributed by atoms with Gasteiger partial charge in [-0.3, -0.25) is 4.79 Å². The third-order valence-electron chi connectivity index (χ3n) is 1.80. The second-order valence-electron chi connectivity index (χ2n) is 3.13. The van der Waals surface area contributed by atoms with Gasteiger partial charge in [-0.25, -0.2) is 4.98 Å². The number of aromatic nitrogens is 1. The molecule has 0 amide bonds. The van der Waals surface area contributed by atoms with Crippen LogP contribution in [0.3, 0.4) is 0 Å². The van der Waals surface area contributed by atoms with Gasteiger partial charge in [-0.15, -0.1) is 11.3 Å². The van der Waals surface area contributed by atoms with Gasteiger partial charge < -0.3 is 10.8 Å². The van der Waals surface area contributed by atoms with E-state index in [2.05, 4.69) is 4.98 Å².